The Labute approximate surface area is 189 Å². The number of carbonyl (C=O) groups is 1. The van der Waals surface area contributed by atoms with Crippen molar-refractivity contribution in [2.24, 2.45) is 0 Å². The Balaban J connectivity index is 1.33. The lowest BCUT2D eigenvalue weighted by molar-refractivity contribution is 0.0932. The standard InChI is InChI=1S/C26H30N4O2/c1-18-5-3-7-24(19(18)2)30-25-8-4-6-23(22(25)17-27-30)28-26(31)20-9-11-21(12-10-20)29-13-15-32-16-14-29/h3,5,7,9-12,17,23H,4,6,8,13-16H2,1-2H3,(H,28,31)/t23-/m1/s1. The fourth-order valence-electron chi connectivity index (χ4n) is 4.77. The molecule has 166 valence electrons. The van der Waals surface area contributed by atoms with Gasteiger partial charge in [0.25, 0.3) is 5.91 Å². The maximum atomic E-state index is 13.0. The molecule has 0 saturated carbocycles. The molecule has 1 atom stereocenters. The predicted molar refractivity (Wildman–Crippen MR) is 126 cm³/mol. The summed E-state index contributed by atoms with van der Waals surface area (Å²) in [7, 11) is 0. The molecule has 3 aromatic rings. The monoisotopic (exact) mass is 430 g/mol. The Bertz CT molecular complexity index is 1110. The first-order chi connectivity index (χ1) is 15.6. The number of carbonyl (C=O) groups excluding carboxylic acids is 1. The number of hydrogen-bond acceptors (Lipinski definition) is 4. The second-order valence-electron chi connectivity index (χ2n) is 8.74. The minimum absolute atomic E-state index is 0.0102. The van der Waals surface area contributed by atoms with E-state index in [1.54, 1.807) is 0 Å². The molecule has 1 aliphatic heterocycles. The van der Waals surface area contributed by atoms with E-state index >= 15 is 0 Å². The summed E-state index contributed by atoms with van der Waals surface area (Å²) in [5.41, 5.74) is 7.79. The smallest absolute Gasteiger partial charge is 0.251 e. The van der Waals surface area contributed by atoms with Gasteiger partial charge in [0.05, 0.1) is 31.1 Å². The summed E-state index contributed by atoms with van der Waals surface area (Å²) in [6.45, 7) is 7.55. The highest BCUT2D eigenvalue weighted by molar-refractivity contribution is 5.94. The molecule has 1 amide bonds. The van der Waals surface area contributed by atoms with E-state index in [0.717, 1.165) is 62.5 Å². The van der Waals surface area contributed by atoms with Gasteiger partial charge >= 0.3 is 0 Å². The Hall–Kier alpha value is -3.12. The topological polar surface area (TPSA) is 59.4 Å². The maximum Gasteiger partial charge on any atom is 0.251 e. The molecule has 2 aromatic carbocycles. The highest BCUT2D eigenvalue weighted by Crippen LogP contribution is 2.32. The molecule has 2 heterocycles. The average molecular weight is 431 g/mol. The van der Waals surface area contributed by atoms with E-state index in [-0.39, 0.29) is 11.9 Å². The number of aryl methyl sites for hydroxylation is 1. The number of rotatable bonds is 4. The average Bonchev–Trinajstić information content (AvgIpc) is 3.26. The van der Waals surface area contributed by atoms with Crippen molar-refractivity contribution in [2.45, 2.75) is 39.2 Å². The van der Waals surface area contributed by atoms with Crippen LogP contribution in [-0.4, -0.2) is 42.0 Å². The van der Waals surface area contributed by atoms with Gasteiger partial charge in [0.1, 0.15) is 0 Å². The number of nitrogens with zero attached hydrogens (tertiary/aromatic N) is 3. The van der Waals surface area contributed by atoms with E-state index in [1.807, 2.05) is 30.5 Å². The number of fused-ring (bicyclic) bond motifs is 1. The predicted octanol–water partition coefficient (Wildman–Crippen LogP) is 4.13. The van der Waals surface area contributed by atoms with Crippen molar-refractivity contribution in [3.05, 3.63) is 76.6 Å². The molecule has 0 unspecified atom stereocenters. The Morgan fingerprint density at radius 2 is 1.88 bits per heavy atom. The third-order valence-corrected chi connectivity index (χ3v) is 6.80. The third-order valence-electron chi connectivity index (χ3n) is 6.80. The molecule has 1 saturated heterocycles. The molecule has 6 nitrogen and oxygen atoms in total. The molecular weight excluding hydrogens is 400 g/mol. The zero-order chi connectivity index (χ0) is 22.1. The second kappa shape index (κ2) is 8.79. The van der Waals surface area contributed by atoms with Gasteiger partial charge in [0.15, 0.2) is 0 Å². The van der Waals surface area contributed by atoms with E-state index in [4.69, 9.17) is 9.84 Å². The highest BCUT2D eigenvalue weighted by atomic mass is 16.5. The number of anilines is 1. The minimum Gasteiger partial charge on any atom is -0.378 e. The van der Waals surface area contributed by atoms with Gasteiger partial charge in [-0.05, 0) is 74.6 Å². The summed E-state index contributed by atoms with van der Waals surface area (Å²) in [5, 5.41) is 7.97. The molecule has 0 bridgehead atoms. The number of benzene rings is 2. The van der Waals surface area contributed by atoms with Crippen molar-refractivity contribution in [3.63, 3.8) is 0 Å². The van der Waals surface area contributed by atoms with Gasteiger partial charge in [-0.25, -0.2) is 4.68 Å². The van der Waals surface area contributed by atoms with E-state index in [2.05, 4.69) is 46.9 Å². The SMILES string of the molecule is Cc1cccc(-n2ncc3c2CCC[C@H]3NC(=O)c2ccc(N3CCOCC3)cc2)c1C. The number of hydrogen-bond donors (Lipinski definition) is 1. The van der Waals surface area contributed by atoms with Crippen LogP contribution in [-0.2, 0) is 11.2 Å². The van der Waals surface area contributed by atoms with Crippen LogP contribution in [0.4, 0.5) is 5.69 Å². The first-order valence-electron chi connectivity index (χ1n) is 11.5. The molecule has 0 spiro atoms. The van der Waals surface area contributed by atoms with Gasteiger partial charge < -0.3 is 15.0 Å². The van der Waals surface area contributed by atoms with Crippen LogP contribution in [0.15, 0.2) is 48.7 Å². The van der Waals surface area contributed by atoms with Crippen LogP contribution >= 0.6 is 0 Å². The van der Waals surface area contributed by atoms with Gasteiger partial charge in [-0.1, -0.05) is 12.1 Å². The molecule has 6 heteroatoms. The van der Waals surface area contributed by atoms with Crippen LogP contribution in [0.3, 0.4) is 0 Å². The van der Waals surface area contributed by atoms with Crippen LogP contribution in [0.1, 0.15) is 51.6 Å². The van der Waals surface area contributed by atoms with Crippen molar-refractivity contribution in [3.8, 4) is 5.69 Å². The summed E-state index contributed by atoms with van der Waals surface area (Å²) < 4.78 is 7.49. The molecule has 32 heavy (non-hydrogen) atoms. The molecule has 5 rings (SSSR count). The van der Waals surface area contributed by atoms with Gasteiger partial charge in [-0.3, -0.25) is 4.79 Å². The molecule has 1 N–H and O–H groups in total. The van der Waals surface area contributed by atoms with Crippen LogP contribution in [0.25, 0.3) is 5.69 Å². The molecule has 0 radical (unpaired) electrons. The summed E-state index contributed by atoms with van der Waals surface area (Å²) in [4.78, 5) is 15.3. The van der Waals surface area contributed by atoms with E-state index in [9.17, 15) is 4.79 Å². The summed E-state index contributed by atoms with van der Waals surface area (Å²) >= 11 is 0. The Morgan fingerprint density at radius 3 is 2.66 bits per heavy atom. The lowest BCUT2D eigenvalue weighted by Crippen LogP contribution is -2.36. The first kappa shape index (κ1) is 20.8. The zero-order valence-electron chi connectivity index (χ0n) is 18.8. The van der Waals surface area contributed by atoms with Gasteiger partial charge in [0.2, 0.25) is 0 Å². The van der Waals surface area contributed by atoms with Crippen LogP contribution in [0, 0.1) is 13.8 Å². The minimum atomic E-state index is -0.0316. The third kappa shape index (κ3) is 3.91. The number of amides is 1. The van der Waals surface area contributed by atoms with Gasteiger partial charge in [-0.15, -0.1) is 0 Å². The molecule has 2 aliphatic rings. The van der Waals surface area contributed by atoms with Crippen molar-refractivity contribution >= 4 is 11.6 Å². The summed E-state index contributed by atoms with van der Waals surface area (Å²) in [5.74, 6) is -0.0316. The largest absolute Gasteiger partial charge is 0.378 e. The Kier molecular flexibility index (Phi) is 5.70. The second-order valence-corrected chi connectivity index (χ2v) is 8.74. The van der Waals surface area contributed by atoms with Crippen LogP contribution in [0.5, 0.6) is 0 Å². The lowest BCUT2D eigenvalue weighted by Gasteiger charge is -2.29. The Morgan fingerprint density at radius 1 is 1.09 bits per heavy atom. The zero-order valence-corrected chi connectivity index (χ0v) is 18.8. The molecule has 1 aromatic heterocycles. The normalized spacial score (nSPS) is 18.3. The number of aromatic nitrogens is 2. The maximum absolute atomic E-state index is 13.0. The number of nitrogens with one attached hydrogen (secondary N) is 1. The lowest BCUT2D eigenvalue weighted by atomic mass is 9.92. The number of ether oxygens (including phenoxy) is 1. The quantitative estimate of drug-likeness (QED) is 0.676. The fraction of sp³-hybridized carbons (Fsp3) is 0.385. The van der Waals surface area contributed by atoms with E-state index in [1.165, 1.54) is 16.8 Å². The molecule has 1 aliphatic carbocycles. The summed E-state index contributed by atoms with van der Waals surface area (Å²) in [6.07, 6.45) is 4.87. The van der Waals surface area contributed by atoms with Gasteiger partial charge in [-0.2, -0.15) is 5.10 Å². The van der Waals surface area contributed by atoms with E-state index < -0.39 is 0 Å². The molecular formula is C26H30N4O2. The van der Waals surface area contributed by atoms with E-state index in [0.29, 0.717) is 5.56 Å². The summed E-state index contributed by atoms with van der Waals surface area (Å²) in [6, 6.07) is 14.2. The molecule has 1 fully saturated rings. The van der Waals surface area contributed by atoms with Crippen LogP contribution in [0.2, 0.25) is 0 Å². The van der Waals surface area contributed by atoms with Crippen molar-refractivity contribution in [1.29, 1.82) is 0 Å². The number of morpholine rings is 1. The van der Waals surface area contributed by atoms with Crippen molar-refractivity contribution in [2.75, 3.05) is 31.2 Å². The first-order valence-corrected chi connectivity index (χ1v) is 11.5. The van der Waals surface area contributed by atoms with Crippen LogP contribution < -0.4 is 10.2 Å². The highest BCUT2D eigenvalue weighted by Gasteiger charge is 2.27. The van der Waals surface area contributed by atoms with Crippen molar-refractivity contribution in [1.82, 2.24) is 15.1 Å². The van der Waals surface area contributed by atoms with Crippen molar-refractivity contribution < 1.29 is 9.53 Å². The van der Waals surface area contributed by atoms with Gasteiger partial charge in [0, 0.05) is 35.6 Å². The fourth-order valence-corrected chi connectivity index (χ4v) is 4.77.